The van der Waals surface area contributed by atoms with Crippen molar-refractivity contribution in [1.29, 1.82) is 0 Å². The van der Waals surface area contributed by atoms with E-state index in [1.165, 1.54) is 24.3 Å². The molecule has 2 rings (SSSR count). The molecule has 0 spiro atoms. The number of amides is 1. The van der Waals surface area contributed by atoms with Gasteiger partial charge in [0.25, 0.3) is 11.6 Å². The van der Waals surface area contributed by atoms with Crippen molar-refractivity contribution < 1.29 is 18.8 Å². The number of carbonyl (C=O) groups is 1. The molecule has 0 heterocycles. The molecular formula is C14H9BrClFN2O4. The highest BCUT2D eigenvalue weighted by Crippen LogP contribution is 2.27. The number of hydrogen-bond acceptors (Lipinski definition) is 4. The van der Waals surface area contributed by atoms with E-state index in [1.807, 2.05) is 0 Å². The second-order valence-electron chi connectivity index (χ2n) is 4.33. The van der Waals surface area contributed by atoms with Crippen molar-refractivity contribution in [2.75, 3.05) is 11.9 Å². The molecule has 0 aliphatic rings. The summed E-state index contributed by atoms with van der Waals surface area (Å²) in [5.74, 6) is -0.840. The van der Waals surface area contributed by atoms with Crippen LogP contribution >= 0.6 is 27.5 Å². The summed E-state index contributed by atoms with van der Waals surface area (Å²) < 4.78 is 18.4. The van der Waals surface area contributed by atoms with Crippen molar-refractivity contribution in [3.8, 4) is 5.75 Å². The Morgan fingerprint density at radius 1 is 1.35 bits per heavy atom. The summed E-state index contributed by atoms with van der Waals surface area (Å²) in [6, 6.07) is 7.47. The Morgan fingerprint density at radius 2 is 2.09 bits per heavy atom. The molecule has 120 valence electrons. The van der Waals surface area contributed by atoms with Crippen LogP contribution in [0.3, 0.4) is 0 Å². The monoisotopic (exact) mass is 402 g/mol. The Kier molecular flexibility index (Phi) is 5.51. The lowest BCUT2D eigenvalue weighted by molar-refractivity contribution is -0.384. The van der Waals surface area contributed by atoms with Crippen LogP contribution in [0.15, 0.2) is 40.9 Å². The van der Waals surface area contributed by atoms with Gasteiger partial charge in [-0.05, 0) is 40.2 Å². The second-order valence-corrected chi connectivity index (χ2v) is 5.59. The Bertz CT molecular complexity index is 772. The summed E-state index contributed by atoms with van der Waals surface area (Å²) >= 11 is 8.91. The molecule has 0 unspecified atom stereocenters. The van der Waals surface area contributed by atoms with Gasteiger partial charge in [-0.15, -0.1) is 0 Å². The molecule has 1 amide bonds. The van der Waals surface area contributed by atoms with Crippen LogP contribution in [0.4, 0.5) is 15.8 Å². The van der Waals surface area contributed by atoms with Gasteiger partial charge in [-0.1, -0.05) is 11.6 Å². The molecule has 2 aromatic carbocycles. The average Bonchev–Trinajstić information content (AvgIpc) is 2.48. The summed E-state index contributed by atoms with van der Waals surface area (Å²) in [5.41, 5.74) is 0.249. The van der Waals surface area contributed by atoms with Crippen LogP contribution in [-0.2, 0) is 4.79 Å². The summed E-state index contributed by atoms with van der Waals surface area (Å²) in [4.78, 5) is 21.9. The lowest BCUT2D eigenvalue weighted by Crippen LogP contribution is -2.20. The Hall–Kier alpha value is -2.19. The van der Waals surface area contributed by atoms with Gasteiger partial charge in [0, 0.05) is 16.6 Å². The number of nitrogens with zero attached hydrogens (tertiary/aromatic N) is 1. The van der Waals surface area contributed by atoms with E-state index in [-0.39, 0.29) is 23.1 Å². The van der Waals surface area contributed by atoms with Crippen molar-refractivity contribution in [2.24, 2.45) is 0 Å². The largest absolute Gasteiger partial charge is 0.482 e. The van der Waals surface area contributed by atoms with Gasteiger partial charge in [0.15, 0.2) is 6.61 Å². The summed E-state index contributed by atoms with van der Waals surface area (Å²) in [6.45, 7) is -0.352. The van der Waals surface area contributed by atoms with Crippen molar-refractivity contribution in [2.45, 2.75) is 0 Å². The number of ether oxygens (including phenoxy) is 1. The second kappa shape index (κ2) is 7.38. The molecule has 0 bridgehead atoms. The number of nitro benzene ring substituents is 1. The standard InChI is InChI=1S/C14H9BrClFN2O4/c15-10-6-9(19(21)22)2-3-12(10)18-14(20)7-23-13-4-1-8(17)5-11(13)16/h1-6H,7H2,(H,18,20). The molecule has 2 aromatic rings. The number of carbonyl (C=O) groups excluding carboxylic acids is 1. The Labute approximate surface area is 143 Å². The first kappa shape index (κ1) is 17.2. The highest BCUT2D eigenvalue weighted by molar-refractivity contribution is 9.10. The van der Waals surface area contributed by atoms with Gasteiger partial charge in [-0.2, -0.15) is 0 Å². The molecule has 0 fully saturated rings. The van der Waals surface area contributed by atoms with Gasteiger partial charge in [0.2, 0.25) is 0 Å². The number of non-ortho nitro benzene ring substituents is 1. The smallest absolute Gasteiger partial charge is 0.270 e. The number of anilines is 1. The van der Waals surface area contributed by atoms with E-state index in [0.29, 0.717) is 10.2 Å². The highest BCUT2D eigenvalue weighted by Gasteiger charge is 2.12. The topological polar surface area (TPSA) is 81.5 Å². The minimum absolute atomic E-state index is 0.0503. The summed E-state index contributed by atoms with van der Waals surface area (Å²) in [7, 11) is 0. The van der Waals surface area contributed by atoms with Crippen molar-refractivity contribution in [3.63, 3.8) is 0 Å². The molecule has 0 saturated carbocycles. The van der Waals surface area contributed by atoms with E-state index < -0.39 is 16.6 Å². The van der Waals surface area contributed by atoms with Crippen LogP contribution in [0, 0.1) is 15.9 Å². The van der Waals surface area contributed by atoms with Gasteiger partial charge >= 0.3 is 0 Å². The molecule has 0 radical (unpaired) electrons. The number of nitrogens with one attached hydrogen (secondary N) is 1. The van der Waals surface area contributed by atoms with Crippen molar-refractivity contribution in [1.82, 2.24) is 0 Å². The summed E-state index contributed by atoms with van der Waals surface area (Å²) in [6.07, 6.45) is 0. The lowest BCUT2D eigenvalue weighted by atomic mass is 10.3. The van der Waals surface area contributed by atoms with E-state index in [0.717, 1.165) is 12.1 Å². The maximum atomic E-state index is 12.9. The minimum atomic E-state index is -0.546. The first-order chi connectivity index (χ1) is 10.9. The summed E-state index contributed by atoms with van der Waals surface area (Å²) in [5, 5.41) is 13.2. The van der Waals surface area contributed by atoms with Crippen LogP contribution in [0.2, 0.25) is 5.02 Å². The maximum Gasteiger partial charge on any atom is 0.270 e. The first-order valence-corrected chi connectivity index (χ1v) is 7.35. The fraction of sp³-hybridized carbons (Fsp3) is 0.0714. The van der Waals surface area contributed by atoms with Gasteiger partial charge in [-0.25, -0.2) is 4.39 Å². The molecule has 23 heavy (non-hydrogen) atoms. The number of hydrogen-bond donors (Lipinski definition) is 1. The number of benzene rings is 2. The Morgan fingerprint density at radius 3 is 2.70 bits per heavy atom. The van der Waals surface area contributed by atoms with E-state index in [9.17, 15) is 19.3 Å². The predicted molar refractivity (Wildman–Crippen MR) is 86.3 cm³/mol. The zero-order valence-electron chi connectivity index (χ0n) is 11.4. The average molecular weight is 404 g/mol. The van der Waals surface area contributed by atoms with Gasteiger partial charge < -0.3 is 10.1 Å². The number of halogens is 3. The molecule has 0 aliphatic carbocycles. The SMILES string of the molecule is O=C(COc1ccc(F)cc1Cl)Nc1ccc([N+](=O)[O-])cc1Br. The third-order valence-electron chi connectivity index (χ3n) is 2.69. The lowest BCUT2D eigenvalue weighted by Gasteiger charge is -2.10. The predicted octanol–water partition coefficient (Wildman–Crippen LogP) is 4.17. The molecular weight excluding hydrogens is 395 g/mol. The van der Waals surface area contributed by atoms with Gasteiger partial charge in [0.05, 0.1) is 15.6 Å². The van der Waals surface area contributed by atoms with Crippen LogP contribution in [0.1, 0.15) is 0 Å². The maximum absolute atomic E-state index is 12.9. The molecule has 0 saturated heterocycles. The van der Waals surface area contributed by atoms with Crippen LogP contribution in [0.5, 0.6) is 5.75 Å². The normalized spacial score (nSPS) is 10.2. The van der Waals surface area contributed by atoms with E-state index in [4.69, 9.17) is 16.3 Å². The molecule has 0 atom stereocenters. The van der Waals surface area contributed by atoms with E-state index >= 15 is 0 Å². The van der Waals surface area contributed by atoms with E-state index in [2.05, 4.69) is 21.2 Å². The van der Waals surface area contributed by atoms with Crippen molar-refractivity contribution in [3.05, 3.63) is 61.8 Å². The Balaban J connectivity index is 1.98. The first-order valence-electron chi connectivity index (χ1n) is 6.18. The van der Waals surface area contributed by atoms with Crippen LogP contribution < -0.4 is 10.1 Å². The fourth-order valence-corrected chi connectivity index (χ4v) is 2.33. The molecule has 6 nitrogen and oxygen atoms in total. The third kappa shape index (κ3) is 4.64. The van der Waals surface area contributed by atoms with Gasteiger partial charge in [-0.3, -0.25) is 14.9 Å². The molecule has 0 aromatic heterocycles. The third-order valence-corrected chi connectivity index (χ3v) is 3.64. The fourth-order valence-electron chi connectivity index (χ4n) is 1.64. The van der Waals surface area contributed by atoms with Crippen molar-refractivity contribution >= 4 is 44.8 Å². The number of nitro groups is 1. The number of rotatable bonds is 5. The molecule has 9 heteroatoms. The molecule has 1 N–H and O–H groups in total. The van der Waals surface area contributed by atoms with Crippen LogP contribution in [0.25, 0.3) is 0 Å². The van der Waals surface area contributed by atoms with E-state index in [1.54, 1.807) is 0 Å². The van der Waals surface area contributed by atoms with Crippen LogP contribution in [-0.4, -0.2) is 17.4 Å². The quantitative estimate of drug-likeness (QED) is 0.600. The zero-order chi connectivity index (χ0) is 17.0. The minimum Gasteiger partial charge on any atom is -0.482 e. The zero-order valence-corrected chi connectivity index (χ0v) is 13.7. The van der Waals surface area contributed by atoms with Gasteiger partial charge in [0.1, 0.15) is 11.6 Å². The molecule has 0 aliphatic heterocycles. The highest BCUT2D eigenvalue weighted by atomic mass is 79.9.